The van der Waals surface area contributed by atoms with Crippen molar-refractivity contribution in [3.63, 3.8) is 0 Å². The second-order valence-electron chi connectivity index (χ2n) is 3.65. The summed E-state index contributed by atoms with van der Waals surface area (Å²) in [5.74, 6) is 1.15. The van der Waals surface area contributed by atoms with Crippen molar-refractivity contribution in [3.05, 3.63) is 0 Å². The lowest BCUT2D eigenvalue weighted by Crippen LogP contribution is -1.79. The third-order valence-corrected chi connectivity index (χ3v) is 2.41. The topological polar surface area (TPSA) is 0 Å². The first kappa shape index (κ1) is 12.0. The molecule has 0 nitrogen and oxygen atoms in total. The molecule has 0 aromatic heterocycles. The van der Waals surface area contributed by atoms with Gasteiger partial charge in [0.1, 0.15) is 0 Å². The zero-order chi connectivity index (χ0) is 9.23. The number of hydrogen-bond donors (Lipinski definition) is 0. The fourth-order valence-corrected chi connectivity index (χ4v) is 1.44. The van der Waals surface area contributed by atoms with Crippen LogP contribution in [0.4, 0.5) is 0 Å². The van der Waals surface area contributed by atoms with E-state index in [1.54, 1.807) is 0 Å². The second-order valence-corrected chi connectivity index (χ2v) is 3.65. The molecule has 0 atom stereocenters. The fraction of sp³-hybridized carbons (Fsp3) is 1.00. The molecule has 0 bridgehead atoms. The first-order chi connectivity index (χ1) is 5.93. The predicted octanol–water partition coefficient (Wildman–Crippen LogP) is 4.78. The van der Waals surface area contributed by atoms with E-state index in [2.05, 4.69) is 6.92 Å². The minimum Gasteiger partial charge on any atom is -0.0683 e. The van der Waals surface area contributed by atoms with Crippen LogP contribution in [0, 0.1) is 5.92 Å². The van der Waals surface area contributed by atoms with Crippen LogP contribution in [0.2, 0.25) is 0 Å². The third-order valence-electron chi connectivity index (χ3n) is 2.41. The van der Waals surface area contributed by atoms with Gasteiger partial charge in [-0.1, -0.05) is 72.1 Å². The summed E-state index contributed by atoms with van der Waals surface area (Å²) in [4.78, 5) is 0. The molecule has 0 aliphatic heterocycles. The van der Waals surface area contributed by atoms with Gasteiger partial charge < -0.3 is 0 Å². The summed E-state index contributed by atoms with van der Waals surface area (Å²) in [7, 11) is 0. The highest BCUT2D eigenvalue weighted by atomic mass is 14.2. The second kappa shape index (κ2) is 9.09. The van der Waals surface area contributed by atoms with Crippen molar-refractivity contribution in [1.29, 1.82) is 0 Å². The molecule has 1 rings (SSSR count). The Morgan fingerprint density at radius 2 is 1.50 bits per heavy atom. The van der Waals surface area contributed by atoms with E-state index in [0.29, 0.717) is 0 Å². The van der Waals surface area contributed by atoms with Crippen molar-refractivity contribution in [2.75, 3.05) is 0 Å². The van der Waals surface area contributed by atoms with E-state index in [-0.39, 0.29) is 0 Å². The van der Waals surface area contributed by atoms with Crippen molar-refractivity contribution in [2.24, 2.45) is 5.92 Å². The number of unbranched alkanes of at least 4 members (excludes halogenated alkanes) is 4. The molecule has 0 heterocycles. The molecule has 1 aliphatic carbocycles. The van der Waals surface area contributed by atoms with Gasteiger partial charge in [0.15, 0.2) is 0 Å². The maximum atomic E-state index is 2.28. The molecule has 0 spiro atoms. The molecule has 1 saturated carbocycles. The van der Waals surface area contributed by atoms with E-state index < -0.39 is 0 Å². The van der Waals surface area contributed by atoms with Crippen LogP contribution in [-0.4, -0.2) is 0 Å². The van der Waals surface area contributed by atoms with Crippen molar-refractivity contribution in [3.8, 4) is 0 Å². The van der Waals surface area contributed by atoms with Gasteiger partial charge >= 0.3 is 0 Å². The molecule has 1 fully saturated rings. The van der Waals surface area contributed by atoms with E-state index >= 15 is 0 Å². The summed E-state index contributed by atoms with van der Waals surface area (Å²) in [5.41, 5.74) is 0. The van der Waals surface area contributed by atoms with Crippen LogP contribution in [0.1, 0.15) is 72.1 Å². The standard InChI is InChI=1S/C10H20.C2H6/c1-2-3-4-5-6-7-10-8-9-10;1-2/h10H,2-9H2,1H3;1-2H3. The van der Waals surface area contributed by atoms with Gasteiger partial charge in [-0.3, -0.25) is 0 Å². The highest BCUT2D eigenvalue weighted by Gasteiger charge is 2.19. The van der Waals surface area contributed by atoms with Gasteiger partial charge in [0.2, 0.25) is 0 Å². The predicted molar refractivity (Wildman–Crippen MR) is 57.4 cm³/mol. The minimum atomic E-state index is 1.15. The van der Waals surface area contributed by atoms with Gasteiger partial charge in [0.05, 0.1) is 0 Å². The Bertz CT molecular complexity index is 72.1. The van der Waals surface area contributed by atoms with Gasteiger partial charge in [-0.15, -0.1) is 0 Å². The molecule has 12 heavy (non-hydrogen) atoms. The highest BCUT2D eigenvalue weighted by molar-refractivity contribution is 4.72. The largest absolute Gasteiger partial charge is 0.0683 e. The Balaban J connectivity index is 0.000000561. The minimum absolute atomic E-state index is 1.15. The number of rotatable bonds is 6. The van der Waals surface area contributed by atoms with Crippen LogP contribution in [0.15, 0.2) is 0 Å². The summed E-state index contributed by atoms with van der Waals surface area (Å²) < 4.78 is 0. The molecule has 1 aliphatic rings. The lowest BCUT2D eigenvalue weighted by molar-refractivity contribution is 0.580. The Hall–Kier alpha value is 0. The van der Waals surface area contributed by atoms with E-state index in [1.807, 2.05) is 13.8 Å². The zero-order valence-corrected chi connectivity index (χ0v) is 9.23. The van der Waals surface area contributed by atoms with Gasteiger partial charge in [0, 0.05) is 0 Å². The Morgan fingerprint density at radius 3 is 2.00 bits per heavy atom. The molecule has 0 aromatic carbocycles. The quantitative estimate of drug-likeness (QED) is 0.503. The monoisotopic (exact) mass is 170 g/mol. The van der Waals surface area contributed by atoms with Crippen molar-refractivity contribution >= 4 is 0 Å². The molecule has 0 aromatic rings. The molecule has 0 radical (unpaired) electrons. The molecular formula is C12H26. The SMILES string of the molecule is CC.CCCCCCCC1CC1. The smallest absolute Gasteiger partial charge is 0.0414 e. The van der Waals surface area contributed by atoms with Crippen LogP contribution >= 0.6 is 0 Å². The van der Waals surface area contributed by atoms with E-state index in [1.165, 1.54) is 51.4 Å². The van der Waals surface area contributed by atoms with Gasteiger partial charge in [-0.05, 0) is 5.92 Å². The Labute approximate surface area is 78.8 Å². The Morgan fingerprint density at radius 1 is 0.917 bits per heavy atom. The summed E-state index contributed by atoms with van der Waals surface area (Å²) >= 11 is 0. The lowest BCUT2D eigenvalue weighted by atomic mass is 10.1. The average Bonchev–Trinajstić information content (AvgIpc) is 2.92. The summed E-state index contributed by atoms with van der Waals surface area (Å²) in [6.45, 7) is 6.28. The van der Waals surface area contributed by atoms with Crippen LogP contribution in [0.3, 0.4) is 0 Å². The molecule has 0 amide bonds. The van der Waals surface area contributed by atoms with Crippen LogP contribution in [0.5, 0.6) is 0 Å². The van der Waals surface area contributed by atoms with E-state index in [4.69, 9.17) is 0 Å². The van der Waals surface area contributed by atoms with Crippen LogP contribution < -0.4 is 0 Å². The summed E-state index contributed by atoms with van der Waals surface area (Å²) in [6.07, 6.45) is 11.9. The van der Waals surface area contributed by atoms with Crippen molar-refractivity contribution in [1.82, 2.24) is 0 Å². The lowest BCUT2D eigenvalue weighted by Gasteiger charge is -1.97. The van der Waals surface area contributed by atoms with E-state index in [9.17, 15) is 0 Å². The molecule has 0 saturated heterocycles. The van der Waals surface area contributed by atoms with Gasteiger partial charge in [-0.2, -0.15) is 0 Å². The number of hydrogen-bond acceptors (Lipinski definition) is 0. The molecule has 0 unspecified atom stereocenters. The molecule has 0 N–H and O–H groups in total. The maximum Gasteiger partial charge on any atom is -0.0414 e. The first-order valence-electron chi connectivity index (χ1n) is 5.93. The third kappa shape index (κ3) is 8.10. The summed E-state index contributed by atoms with van der Waals surface area (Å²) in [5, 5.41) is 0. The summed E-state index contributed by atoms with van der Waals surface area (Å²) in [6, 6.07) is 0. The van der Waals surface area contributed by atoms with Crippen molar-refractivity contribution in [2.45, 2.75) is 72.1 Å². The molecular weight excluding hydrogens is 144 g/mol. The van der Waals surface area contributed by atoms with E-state index in [0.717, 1.165) is 5.92 Å². The van der Waals surface area contributed by atoms with Gasteiger partial charge in [0.25, 0.3) is 0 Å². The normalized spacial score (nSPS) is 15.2. The van der Waals surface area contributed by atoms with Crippen LogP contribution in [-0.2, 0) is 0 Å². The Kier molecular flexibility index (Phi) is 9.09. The highest BCUT2D eigenvalue weighted by Crippen LogP contribution is 2.34. The maximum absolute atomic E-state index is 2.28. The van der Waals surface area contributed by atoms with Crippen LogP contribution in [0.25, 0.3) is 0 Å². The molecule has 74 valence electrons. The first-order valence-corrected chi connectivity index (χ1v) is 5.93. The van der Waals surface area contributed by atoms with Gasteiger partial charge in [-0.25, -0.2) is 0 Å². The molecule has 0 heteroatoms. The zero-order valence-electron chi connectivity index (χ0n) is 9.23. The average molecular weight is 170 g/mol. The fourth-order valence-electron chi connectivity index (χ4n) is 1.44. The van der Waals surface area contributed by atoms with Crippen molar-refractivity contribution < 1.29 is 0 Å².